The highest BCUT2D eigenvalue weighted by molar-refractivity contribution is 7.12. The lowest BCUT2D eigenvalue weighted by atomic mass is 9.96. The summed E-state index contributed by atoms with van der Waals surface area (Å²) in [5.74, 6) is -1.37. The Labute approximate surface area is 136 Å². The molecule has 4 nitrogen and oxygen atoms in total. The number of aliphatic hydroxyl groups excluding tert-OH is 1. The van der Waals surface area contributed by atoms with E-state index in [-0.39, 0.29) is 11.4 Å². The standard InChI is InChI=1S/C16H12ClNO3S/c1-18-13(9-4-6-10(17)7-5-9)12(15(20)16(18)21)14(19)11-3-2-8-22-11/h2-8,13,20H,1H3. The van der Waals surface area contributed by atoms with Crippen LogP contribution in [0.15, 0.2) is 53.1 Å². The van der Waals surface area contributed by atoms with Crippen LogP contribution in [0.25, 0.3) is 0 Å². The van der Waals surface area contributed by atoms with Crippen LogP contribution in [0.4, 0.5) is 0 Å². The van der Waals surface area contributed by atoms with Gasteiger partial charge in [-0.05, 0) is 29.1 Å². The summed E-state index contributed by atoms with van der Waals surface area (Å²) < 4.78 is 0. The van der Waals surface area contributed by atoms with Crippen LogP contribution in [-0.4, -0.2) is 28.7 Å². The van der Waals surface area contributed by atoms with Crippen molar-refractivity contribution in [1.29, 1.82) is 0 Å². The number of hydrogen-bond acceptors (Lipinski definition) is 4. The van der Waals surface area contributed by atoms with Gasteiger partial charge in [-0.1, -0.05) is 29.8 Å². The van der Waals surface area contributed by atoms with Crippen molar-refractivity contribution in [3.05, 3.63) is 68.6 Å². The van der Waals surface area contributed by atoms with Crippen LogP contribution in [0.5, 0.6) is 0 Å². The summed E-state index contributed by atoms with van der Waals surface area (Å²) in [6.07, 6.45) is 0. The molecule has 1 aliphatic heterocycles. The molecule has 3 rings (SSSR count). The van der Waals surface area contributed by atoms with Gasteiger partial charge in [0, 0.05) is 12.1 Å². The molecule has 0 spiro atoms. The Hall–Kier alpha value is -2.11. The normalized spacial score (nSPS) is 18.2. The fraction of sp³-hybridized carbons (Fsp3) is 0.125. The molecule has 1 aromatic carbocycles. The number of ketones is 1. The maximum atomic E-state index is 12.6. The average molecular weight is 334 g/mol. The Bertz CT molecular complexity index is 765. The number of aliphatic hydroxyl groups is 1. The second-order valence-electron chi connectivity index (χ2n) is 4.94. The summed E-state index contributed by atoms with van der Waals surface area (Å²) in [5, 5.41) is 12.5. The van der Waals surface area contributed by atoms with E-state index in [1.165, 1.54) is 16.2 Å². The molecule has 1 N–H and O–H groups in total. The number of rotatable bonds is 3. The first-order chi connectivity index (χ1) is 10.5. The zero-order valence-electron chi connectivity index (χ0n) is 11.6. The molecule has 0 aliphatic carbocycles. The quantitative estimate of drug-likeness (QED) is 0.873. The Balaban J connectivity index is 2.09. The SMILES string of the molecule is CN1C(=O)C(O)=C(C(=O)c2cccs2)C1c1ccc(Cl)cc1. The largest absolute Gasteiger partial charge is 0.503 e. The van der Waals surface area contributed by atoms with Crippen LogP contribution in [0.3, 0.4) is 0 Å². The Morgan fingerprint density at radius 1 is 1.27 bits per heavy atom. The van der Waals surface area contributed by atoms with Gasteiger partial charge in [0.15, 0.2) is 5.76 Å². The first-order valence-corrected chi connectivity index (χ1v) is 7.80. The monoisotopic (exact) mass is 333 g/mol. The molecule has 0 saturated heterocycles. The highest BCUT2D eigenvalue weighted by Crippen LogP contribution is 2.38. The molecule has 2 aromatic rings. The summed E-state index contributed by atoms with van der Waals surface area (Å²) in [6, 6.07) is 9.70. The zero-order valence-corrected chi connectivity index (χ0v) is 13.2. The highest BCUT2D eigenvalue weighted by Gasteiger charge is 2.41. The minimum atomic E-state index is -0.612. The molecular formula is C16H12ClNO3S. The number of benzene rings is 1. The van der Waals surface area contributed by atoms with Gasteiger partial charge in [-0.25, -0.2) is 0 Å². The maximum absolute atomic E-state index is 12.6. The molecule has 112 valence electrons. The van der Waals surface area contributed by atoms with Gasteiger partial charge in [0.1, 0.15) is 0 Å². The van der Waals surface area contributed by atoms with E-state index in [0.717, 1.165) is 5.56 Å². The number of nitrogens with zero attached hydrogens (tertiary/aromatic N) is 1. The van der Waals surface area contributed by atoms with Gasteiger partial charge >= 0.3 is 0 Å². The number of carbonyl (C=O) groups excluding carboxylic acids is 2. The van der Waals surface area contributed by atoms with Crippen LogP contribution < -0.4 is 0 Å². The van der Waals surface area contributed by atoms with Crippen molar-refractivity contribution in [3.63, 3.8) is 0 Å². The van der Waals surface area contributed by atoms with E-state index in [4.69, 9.17) is 11.6 Å². The van der Waals surface area contributed by atoms with E-state index < -0.39 is 17.7 Å². The van der Waals surface area contributed by atoms with Crippen molar-refractivity contribution in [3.8, 4) is 0 Å². The Morgan fingerprint density at radius 2 is 1.95 bits per heavy atom. The minimum Gasteiger partial charge on any atom is -0.503 e. The van der Waals surface area contributed by atoms with Gasteiger partial charge in [-0.3, -0.25) is 9.59 Å². The fourth-order valence-corrected chi connectivity index (χ4v) is 3.33. The molecule has 0 saturated carbocycles. The minimum absolute atomic E-state index is 0.109. The molecule has 1 aromatic heterocycles. The number of halogens is 1. The molecule has 1 atom stereocenters. The molecule has 6 heteroatoms. The van der Waals surface area contributed by atoms with Crippen LogP contribution in [0, 0.1) is 0 Å². The maximum Gasteiger partial charge on any atom is 0.289 e. The first-order valence-electron chi connectivity index (χ1n) is 6.54. The van der Waals surface area contributed by atoms with Gasteiger partial charge < -0.3 is 10.0 Å². The van der Waals surface area contributed by atoms with Gasteiger partial charge in [-0.15, -0.1) is 11.3 Å². The Morgan fingerprint density at radius 3 is 2.55 bits per heavy atom. The number of carbonyl (C=O) groups is 2. The van der Waals surface area contributed by atoms with Gasteiger partial charge in [0.2, 0.25) is 5.78 Å². The van der Waals surface area contributed by atoms with E-state index >= 15 is 0 Å². The van der Waals surface area contributed by atoms with E-state index in [9.17, 15) is 14.7 Å². The third kappa shape index (κ3) is 2.32. The van der Waals surface area contributed by atoms with E-state index in [2.05, 4.69) is 0 Å². The molecule has 2 heterocycles. The Kier molecular flexibility index (Phi) is 3.76. The lowest BCUT2D eigenvalue weighted by Gasteiger charge is -2.22. The molecule has 1 aliphatic rings. The summed E-state index contributed by atoms with van der Waals surface area (Å²) in [5.41, 5.74) is 0.835. The lowest BCUT2D eigenvalue weighted by molar-refractivity contribution is -0.128. The van der Waals surface area contributed by atoms with Crippen LogP contribution in [-0.2, 0) is 4.79 Å². The fourth-order valence-electron chi connectivity index (χ4n) is 2.53. The van der Waals surface area contributed by atoms with Crippen LogP contribution in [0.1, 0.15) is 21.3 Å². The lowest BCUT2D eigenvalue weighted by Crippen LogP contribution is -2.26. The van der Waals surface area contributed by atoms with Crippen molar-refractivity contribution in [2.45, 2.75) is 6.04 Å². The first kappa shape index (κ1) is 14.8. The topological polar surface area (TPSA) is 57.6 Å². The van der Waals surface area contributed by atoms with Gasteiger partial charge in [-0.2, -0.15) is 0 Å². The van der Waals surface area contributed by atoms with Crippen molar-refractivity contribution in [2.75, 3.05) is 7.05 Å². The zero-order chi connectivity index (χ0) is 15.9. The molecule has 0 bridgehead atoms. The number of likely N-dealkylation sites (N-methyl/N-ethyl adjacent to an activating group) is 1. The average Bonchev–Trinajstić information content (AvgIpc) is 3.11. The number of amides is 1. The second-order valence-corrected chi connectivity index (χ2v) is 6.32. The van der Waals surface area contributed by atoms with Crippen molar-refractivity contribution in [1.82, 2.24) is 4.90 Å². The smallest absolute Gasteiger partial charge is 0.289 e. The number of thiophene rings is 1. The molecule has 22 heavy (non-hydrogen) atoms. The molecule has 1 amide bonds. The molecule has 0 radical (unpaired) electrons. The summed E-state index contributed by atoms with van der Waals surface area (Å²) in [7, 11) is 1.56. The van der Waals surface area contributed by atoms with E-state index in [1.54, 1.807) is 48.8 Å². The predicted molar refractivity (Wildman–Crippen MR) is 85.3 cm³/mol. The van der Waals surface area contributed by atoms with Crippen LogP contribution >= 0.6 is 22.9 Å². The third-order valence-corrected chi connectivity index (χ3v) is 4.73. The van der Waals surface area contributed by atoms with Crippen molar-refractivity contribution < 1.29 is 14.7 Å². The number of hydrogen-bond donors (Lipinski definition) is 1. The van der Waals surface area contributed by atoms with E-state index in [0.29, 0.717) is 9.90 Å². The summed E-state index contributed by atoms with van der Waals surface area (Å²) in [6.45, 7) is 0. The molecule has 1 unspecified atom stereocenters. The van der Waals surface area contributed by atoms with E-state index in [1.807, 2.05) is 0 Å². The highest BCUT2D eigenvalue weighted by atomic mass is 35.5. The van der Waals surface area contributed by atoms with Crippen molar-refractivity contribution in [2.24, 2.45) is 0 Å². The second kappa shape index (κ2) is 5.59. The van der Waals surface area contributed by atoms with Gasteiger partial charge in [0.25, 0.3) is 5.91 Å². The van der Waals surface area contributed by atoms with Crippen molar-refractivity contribution >= 4 is 34.6 Å². The van der Waals surface area contributed by atoms with Gasteiger partial charge in [0.05, 0.1) is 16.5 Å². The summed E-state index contributed by atoms with van der Waals surface area (Å²) >= 11 is 7.16. The number of Topliss-reactive ketones (excluding diaryl/α,β-unsaturated/α-hetero) is 1. The molecule has 0 fully saturated rings. The summed E-state index contributed by atoms with van der Waals surface area (Å²) in [4.78, 5) is 26.6. The van der Waals surface area contributed by atoms with Crippen LogP contribution in [0.2, 0.25) is 5.02 Å². The molecular weight excluding hydrogens is 322 g/mol. The predicted octanol–water partition coefficient (Wildman–Crippen LogP) is 3.61. The third-order valence-electron chi connectivity index (χ3n) is 3.61.